The Bertz CT molecular complexity index is 792. The van der Waals surface area contributed by atoms with Gasteiger partial charge >= 0.3 is 6.98 Å². The average molecular weight is 320 g/mol. The van der Waals surface area contributed by atoms with Crippen molar-refractivity contribution in [3.8, 4) is 0 Å². The van der Waals surface area contributed by atoms with E-state index in [0.29, 0.717) is 6.98 Å². The quantitative estimate of drug-likeness (QED) is 0.601. The minimum Gasteiger partial charge on any atom is -0.373 e. The summed E-state index contributed by atoms with van der Waals surface area (Å²) >= 11 is 0. The number of anilines is 3. The Morgan fingerprint density at radius 2 is 1.62 bits per heavy atom. The molecule has 4 heteroatoms. The van der Waals surface area contributed by atoms with Gasteiger partial charge in [0.05, 0.1) is 17.2 Å². The second kappa shape index (κ2) is 5.01. The number of nitrogens with zero attached hydrogens (tertiary/aromatic N) is 3. The maximum absolute atomic E-state index is 2.55. The molecule has 2 aliphatic rings. The summed E-state index contributed by atoms with van der Waals surface area (Å²) in [5.74, 6) is 1.30. The zero-order valence-corrected chi connectivity index (χ0v) is 15.5. The molecule has 2 unspecified atom stereocenters. The molecule has 0 N–H and O–H groups in total. The molecule has 0 radical (unpaired) electrons. The van der Waals surface area contributed by atoms with Gasteiger partial charge in [0.25, 0.3) is 5.82 Å². The van der Waals surface area contributed by atoms with E-state index in [4.69, 9.17) is 0 Å². The van der Waals surface area contributed by atoms with E-state index < -0.39 is 0 Å². The molecule has 0 amide bonds. The van der Waals surface area contributed by atoms with Crippen LogP contribution in [-0.2, 0) is 5.54 Å². The van der Waals surface area contributed by atoms with E-state index in [-0.39, 0.29) is 10.9 Å². The highest BCUT2D eigenvalue weighted by molar-refractivity contribution is 6.74. The molecular weight excluding hydrogens is 293 g/mol. The zero-order valence-electron chi connectivity index (χ0n) is 15.5. The fraction of sp³-hybridized carbons (Fsp3) is 0.450. The first-order valence-electron chi connectivity index (χ1n) is 9.12. The molecule has 124 valence electrons. The van der Waals surface area contributed by atoms with Gasteiger partial charge in [-0.05, 0) is 45.0 Å². The predicted molar refractivity (Wildman–Crippen MR) is 102 cm³/mol. The predicted octanol–water partition coefficient (Wildman–Crippen LogP) is 4.36. The highest BCUT2D eigenvalue weighted by Crippen LogP contribution is 2.58. The van der Waals surface area contributed by atoms with Crippen molar-refractivity contribution in [1.29, 1.82) is 0 Å². The lowest BCUT2D eigenvalue weighted by atomic mass is 9.39. The van der Waals surface area contributed by atoms with Crippen molar-refractivity contribution in [3.63, 3.8) is 0 Å². The largest absolute Gasteiger partial charge is 0.512 e. The molecule has 2 atom stereocenters. The zero-order chi connectivity index (χ0) is 17.1. The van der Waals surface area contributed by atoms with E-state index in [1.807, 2.05) is 0 Å². The summed E-state index contributed by atoms with van der Waals surface area (Å²) < 4.78 is 2.52. The molecule has 3 heterocycles. The topological polar surface area (TPSA) is 10.4 Å². The summed E-state index contributed by atoms with van der Waals surface area (Å²) in [7, 11) is 2.26. The monoisotopic (exact) mass is 320 g/mol. The minimum atomic E-state index is 0.0792. The van der Waals surface area contributed by atoms with Crippen LogP contribution < -0.4 is 14.2 Å². The number of fused-ring (bicyclic) bond motifs is 5. The third kappa shape index (κ3) is 1.62. The van der Waals surface area contributed by atoms with Crippen LogP contribution in [0.4, 0.5) is 17.2 Å². The number of rotatable bonds is 2. The van der Waals surface area contributed by atoms with Crippen molar-refractivity contribution in [3.05, 3.63) is 48.7 Å². The van der Waals surface area contributed by atoms with E-state index in [2.05, 4.69) is 97.6 Å². The van der Waals surface area contributed by atoms with E-state index in [1.165, 1.54) is 17.2 Å². The number of benzene rings is 1. The number of pyridine rings is 1. The van der Waals surface area contributed by atoms with Gasteiger partial charge in [-0.2, -0.15) is 0 Å². The number of hydrogen-bond acceptors (Lipinski definition) is 2. The summed E-state index contributed by atoms with van der Waals surface area (Å²) in [6.45, 7) is 9.92. The number of aromatic nitrogens is 1. The standard InChI is InChI=1S/C20H27BN3/c1-6-19(3)20(4,7-2)23-15-11-10-14-18(23)24-17-13-9-8-12-16(17)22(5)21(19)24/h8-15H,6-7H2,1-5H3/q+1. The Morgan fingerprint density at radius 1 is 0.958 bits per heavy atom. The third-order valence-electron chi connectivity index (χ3n) is 6.97. The fourth-order valence-electron chi connectivity index (χ4n) is 5.10. The summed E-state index contributed by atoms with van der Waals surface area (Å²) in [5.41, 5.74) is 2.73. The van der Waals surface area contributed by atoms with Gasteiger partial charge in [-0.3, -0.25) is 4.81 Å². The molecule has 0 aliphatic carbocycles. The molecule has 0 bridgehead atoms. The molecule has 1 aromatic heterocycles. The summed E-state index contributed by atoms with van der Waals surface area (Å²) in [5, 5.41) is 0.133. The lowest BCUT2D eigenvalue weighted by Crippen LogP contribution is -2.74. The highest BCUT2D eigenvalue weighted by atomic mass is 15.4. The van der Waals surface area contributed by atoms with Crippen LogP contribution in [0.25, 0.3) is 0 Å². The normalized spacial score (nSPS) is 27.8. The molecule has 0 saturated heterocycles. The van der Waals surface area contributed by atoms with Crippen LogP contribution >= 0.6 is 0 Å². The van der Waals surface area contributed by atoms with Gasteiger partial charge in [-0.1, -0.05) is 39.0 Å². The van der Waals surface area contributed by atoms with Crippen LogP contribution in [0.2, 0.25) is 5.31 Å². The van der Waals surface area contributed by atoms with Gasteiger partial charge in [-0.25, -0.2) is 4.57 Å². The fourth-order valence-corrected chi connectivity index (χ4v) is 5.10. The van der Waals surface area contributed by atoms with Crippen molar-refractivity contribution >= 4 is 24.2 Å². The van der Waals surface area contributed by atoms with Crippen molar-refractivity contribution in [2.45, 2.75) is 51.4 Å². The molecule has 2 aromatic rings. The summed E-state index contributed by atoms with van der Waals surface area (Å²) in [6, 6.07) is 15.4. The van der Waals surface area contributed by atoms with Crippen molar-refractivity contribution < 1.29 is 4.57 Å². The van der Waals surface area contributed by atoms with Crippen molar-refractivity contribution in [2.75, 3.05) is 16.7 Å². The third-order valence-corrected chi connectivity index (χ3v) is 6.97. The Hall–Kier alpha value is -1.97. The lowest BCUT2D eigenvalue weighted by molar-refractivity contribution is -0.758. The average Bonchev–Trinajstić information content (AvgIpc) is 2.93. The first-order chi connectivity index (χ1) is 11.5. The number of hydrogen-bond donors (Lipinski definition) is 0. The molecule has 24 heavy (non-hydrogen) atoms. The van der Waals surface area contributed by atoms with Crippen LogP contribution in [-0.4, -0.2) is 14.0 Å². The van der Waals surface area contributed by atoms with E-state index in [0.717, 1.165) is 12.8 Å². The Kier molecular flexibility index (Phi) is 3.25. The Morgan fingerprint density at radius 3 is 2.29 bits per heavy atom. The molecular formula is C20H27BN3+. The highest BCUT2D eigenvalue weighted by Gasteiger charge is 2.69. The van der Waals surface area contributed by atoms with Crippen LogP contribution in [0.3, 0.4) is 0 Å². The van der Waals surface area contributed by atoms with Gasteiger partial charge in [0, 0.05) is 6.07 Å². The van der Waals surface area contributed by atoms with Crippen LogP contribution in [0, 0.1) is 0 Å². The lowest BCUT2D eigenvalue weighted by Gasteiger charge is -2.51. The molecule has 2 aliphatic heterocycles. The Balaban J connectivity index is 2.06. The summed E-state index contributed by atoms with van der Waals surface area (Å²) in [4.78, 5) is 5.04. The number of para-hydroxylation sites is 2. The SMILES string of the molecule is CCC1(C)B2N(C)c3ccccc3N2c2cccc[n+]2C1(C)CC. The van der Waals surface area contributed by atoms with Crippen molar-refractivity contribution in [2.24, 2.45) is 0 Å². The van der Waals surface area contributed by atoms with Crippen LogP contribution in [0.15, 0.2) is 48.7 Å². The molecule has 4 rings (SSSR count). The van der Waals surface area contributed by atoms with Crippen molar-refractivity contribution in [1.82, 2.24) is 0 Å². The molecule has 0 spiro atoms. The second-order valence-electron chi connectivity index (χ2n) is 7.67. The van der Waals surface area contributed by atoms with E-state index in [9.17, 15) is 0 Å². The van der Waals surface area contributed by atoms with E-state index in [1.54, 1.807) is 0 Å². The van der Waals surface area contributed by atoms with Gasteiger partial charge in [0.15, 0.2) is 0 Å². The Labute approximate surface area is 146 Å². The maximum Gasteiger partial charge on any atom is 0.512 e. The molecule has 0 saturated carbocycles. The first kappa shape index (κ1) is 15.6. The molecule has 0 fully saturated rings. The molecule has 3 nitrogen and oxygen atoms in total. The minimum absolute atomic E-state index is 0.0792. The van der Waals surface area contributed by atoms with Gasteiger partial charge < -0.3 is 4.81 Å². The van der Waals surface area contributed by atoms with Gasteiger partial charge in [0.2, 0.25) is 0 Å². The summed E-state index contributed by atoms with van der Waals surface area (Å²) in [6.07, 6.45) is 4.52. The second-order valence-corrected chi connectivity index (χ2v) is 7.67. The van der Waals surface area contributed by atoms with Crippen LogP contribution in [0.1, 0.15) is 40.5 Å². The first-order valence-corrected chi connectivity index (χ1v) is 9.12. The maximum atomic E-state index is 2.55. The van der Waals surface area contributed by atoms with Crippen LogP contribution in [0.5, 0.6) is 0 Å². The van der Waals surface area contributed by atoms with Gasteiger partial charge in [-0.15, -0.1) is 0 Å². The smallest absolute Gasteiger partial charge is 0.373 e. The van der Waals surface area contributed by atoms with E-state index >= 15 is 0 Å². The molecule has 1 aromatic carbocycles. The van der Waals surface area contributed by atoms with Gasteiger partial charge in [0.1, 0.15) is 11.2 Å².